The molecule has 12 heteroatoms. The summed E-state index contributed by atoms with van der Waals surface area (Å²) in [5, 5.41) is 8.78. The second kappa shape index (κ2) is 10.6. The molecule has 5 rings (SSSR count). The van der Waals surface area contributed by atoms with Gasteiger partial charge < -0.3 is 19.9 Å². The fourth-order valence-corrected chi connectivity index (χ4v) is 5.08. The number of hydrogen-bond acceptors (Lipinski definition) is 8. The number of amides is 1. The molecule has 0 saturated carbocycles. The molecule has 2 aliphatic rings. The number of nitrogens with zero attached hydrogens (tertiary/aromatic N) is 6. The molecular weight excluding hydrogens is 505 g/mol. The average Bonchev–Trinajstić information content (AvgIpc) is 3.54. The number of rotatable bonds is 6. The van der Waals surface area contributed by atoms with E-state index in [4.69, 9.17) is 32.9 Å². The number of hydrogen-bond donors (Lipinski definition) is 1. The summed E-state index contributed by atoms with van der Waals surface area (Å²) in [6, 6.07) is 5.16. The minimum atomic E-state index is -0.557. The van der Waals surface area contributed by atoms with Crippen LogP contribution in [0.4, 0.5) is 5.82 Å². The molecule has 0 radical (unpaired) electrons. The van der Waals surface area contributed by atoms with Crippen LogP contribution in [0.2, 0.25) is 10.0 Å². The molecule has 0 aliphatic carbocycles. The van der Waals surface area contributed by atoms with Gasteiger partial charge in [-0.15, -0.1) is 0 Å². The molecule has 1 aromatic carbocycles. The molecular formula is C24H27Cl2N7O3. The third-order valence-electron chi connectivity index (χ3n) is 6.51. The maximum absolute atomic E-state index is 12.7. The van der Waals surface area contributed by atoms with Crippen molar-refractivity contribution in [2.75, 3.05) is 44.2 Å². The molecule has 4 heterocycles. The van der Waals surface area contributed by atoms with E-state index in [1.165, 1.54) is 0 Å². The standard InChI is InChI=1S/C24H27Cl2N7O3/c1-2-36-24(35)21-20-22(33(30-21)14-15-5-6-16(25)12-17(15)26)29-19(13-28-20)31-8-10-32(11-9-31)23(34)18-4-3-7-27-18/h5-6,12-13,18,27H,2-4,7-11,14H2,1H3. The van der Waals surface area contributed by atoms with E-state index in [0.29, 0.717) is 53.2 Å². The number of carbonyl (C=O) groups excluding carboxylic acids is 2. The molecule has 10 nitrogen and oxygen atoms in total. The summed E-state index contributed by atoms with van der Waals surface area (Å²) in [4.78, 5) is 38.7. The topological polar surface area (TPSA) is 105 Å². The van der Waals surface area contributed by atoms with Crippen LogP contribution >= 0.6 is 23.2 Å². The Bertz CT molecular complexity index is 1280. The summed E-state index contributed by atoms with van der Waals surface area (Å²) in [5.41, 5.74) is 1.70. The molecule has 190 valence electrons. The average molecular weight is 532 g/mol. The number of fused-ring (bicyclic) bond motifs is 1. The molecule has 0 bridgehead atoms. The Hall–Kier alpha value is -2.95. The first-order chi connectivity index (χ1) is 17.4. The number of nitrogens with one attached hydrogen (secondary N) is 1. The first-order valence-corrected chi connectivity index (χ1v) is 12.8. The zero-order valence-electron chi connectivity index (χ0n) is 19.9. The van der Waals surface area contributed by atoms with Gasteiger partial charge in [0.1, 0.15) is 11.3 Å². The van der Waals surface area contributed by atoms with Crippen molar-refractivity contribution in [3.05, 3.63) is 45.7 Å². The first-order valence-electron chi connectivity index (χ1n) is 12.1. The van der Waals surface area contributed by atoms with E-state index in [9.17, 15) is 9.59 Å². The van der Waals surface area contributed by atoms with Crippen molar-refractivity contribution < 1.29 is 14.3 Å². The van der Waals surface area contributed by atoms with Crippen LogP contribution in [0.5, 0.6) is 0 Å². The number of esters is 1. The van der Waals surface area contributed by atoms with Crippen molar-refractivity contribution in [2.45, 2.75) is 32.4 Å². The number of aromatic nitrogens is 4. The van der Waals surface area contributed by atoms with E-state index in [0.717, 1.165) is 24.9 Å². The molecule has 2 saturated heterocycles. The molecule has 2 fully saturated rings. The molecule has 1 unspecified atom stereocenters. The molecule has 1 atom stereocenters. The highest BCUT2D eigenvalue weighted by molar-refractivity contribution is 6.35. The third kappa shape index (κ3) is 4.98. The highest BCUT2D eigenvalue weighted by Gasteiger charge is 2.30. The molecule has 2 aliphatic heterocycles. The van der Waals surface area contributed by atoms with Crippen molar-refractivity contribution in [3.63, 3.8) is 0 Å². The third-order valence-corrected chi connectivity index (χ3v) is 7.10. The normalized spacial score (nSPS) is 18.1. The summed E-state index contributed by atoms with van der Waals surface area (Å²) in [5.74, 6) is 0.274. The summed E-state index contributed by atoms with van der Waals surface area (Å²) < 4.78 is 6.79. The molecule has 1 amide bonds. The lowest BCUT2D eigenvalue weighted by atomic mass is 10.2. The lowest BCUT2D eigenvalue weighted by Gasteiger charge is -2.36. The fourth-order valence-electron chi connectivity index (χ4n) is 4.62. The Morgan fingerprint density at radius 1 is 1.19 bits per heavy atom. The van der Waals surface area contributed by atoms with Crippen LogP contribution in [0.1, 0.15) is 35.8 Å². The molecule has 3 aromatic rings. The lowest BCUT2D eigenvalue weighted by molar-refractivity contribution is -0.133. The van der Waals surface area contributed by atoms with Crippen LogP contribution < -0.4 is 10.2 Å². The van der Waals surface area contributed by atoms with Crippen LogP contribution in [-0.4, -0.2) is 81.9 Å². The molecule has 36 heavy (non-hydrogen) atoms. The van der Waals surface area contributed by atoms with Gasteiger partial charge in [0.25, 0.3) is 0 Å². The Labute approximate surface area is 218 Å². The smallest absolute Gasteiger partial charge is 0.361 e. The lowest BCUT2D eigenvalue weighted by Crippen LogP contribution is -2.53. The minimum Gasteiger partial charge on any atom is -0.461 e. The fraction of sp³-hybridized carbons (Fsp3) is 0.458. The van der Waals surface area contributed by atoms with Crippen molar-refractivity contribution in [3.8, 4) is 0 Å². The molecule has 0 spiro atoms. The highest BCUT2D eigenvalue weighted by atomic mass is 35.5. The monoisotopic (exact) mass is 531 g/mol. The summed E-state index contributed by atoms with van der Waals surface area (Å²) in [6.45, 7) is 5.65. The second-order valence-corrected chi connectivity index (χ2v) is 9.67. The van der Waals surface area contributed by atoms with Gasteiger partial charge in [-0.1, -0.05) is 29.3 Å². The Kier molecular flexibility index (Phi) is 7.27. The van der Waals surface area contributed by atoms with Gasteiger partial charge in [-0.3, -0.25) is 4.79 Å². The zero-order valence-corrected chi connectivity index (χ0v) is 21.4. The minimum absolute atomic E-state index is 0.0666. The van der Waals surface area contributed by atoms with E-state index in [1.807, 2.05) is 11.0 Å². The Balaban J connectivity index is 1.41. The number of carbonyl (C=O) groups is 2. The number of anilines is 1. The van der Waals surface area contributed by atoms with Gasteiger partial charge in [0.05, 0.1) is 25.4 Å². The van der Waals surface area contributed by atoms with E-state index in [-0.39, 0.29) is 30.8 Å². The van der Waals surface area contributed by atoms with E-state index in [1.54, 1.807) is 29.9 Å². The second-order valence-electron chi connectivity index (χ2n) is 8.82. The van der Waals surface area contributed by atoms with Crippen LogP contribution in [0, 0.1) is 0 Å². The van der Waals surface area contributed by atoms with Crippen LogP contribution in [0.25, 0.3) is 11.2 Å². The summed E-state index contributed by atoms with van der Waals surface area (Å²) in [6.07, 6.45) is 3.57. The maximum atomic E-state index is 12.7. The predicted molar refractivity (Wildman–Crippen MR) is 137 cm³/mol. The SMILES string of the molecule is CCOC(=O)c1nn(Cc2ccc(Cl)cc2Cl)c2nc(N3CCN(C(=O)C4CCCN4)CC3)cnc12. The van der Waals surface area contributed by atoms with Crippen LogP contribution in [0.3, 0.4) is 0 Å². The largest absolute Gasteiger partial charge is 0.461 e. The van der Waals surface area contributed by atoms with Gasteiger partial charge in [-0.2, -0.15) is 5.10 Å². The summed E-state index contributed by atoms with van der Waals surface area (Å²) >= 11 is 12.4. The van der Waals surface area contributed by atoms with Crippen molar-refractivity contribution in [1.29, 1.82) is 0 Å². The van der Waals surface area contributed by atoms with Crippen LogP contribution in [-0.2, 0) is 16.1 Å². The highest BCUT2D eigenvalue weighted by Crippen LogP contribution is 2.25. The van der Waals surface area contributed by atoms with Gasteiger partial charge in [-0.05, 0) is 44.0 Å². The first kappa shape index (κ1) is 24.7. The number of benzene rings is 1. The van der Waals surface area contributed by atoms with Gasteiger partial charge in [0, 0.05) is 36.2 Å². The Morgan fingerprint density at radius 2 is 2.00 bits per heavy atom. The van der Waals surface area contributed by atoms with Gasteiger partial charge in [0.2, 0.25) is 5.91 Å². The quantitative estimate of drug-likeness (QED) is 0.484. The Morgan fingerprint density at radius 3 is 2.69 bits per heavy atom. The van der Waals surface area contributed by atoms with Gasteiger partial charge in [0.15, 0.2) is 11.3 Å². The van der Waals surface area contributed by atoms with Gasteiger partial charge in [-0.25, -0.2) is 19.4 Å². The van der Waals surface area contributed by atoms with E-state index < -0.39 is 5.97 Å². The number of halogens is 2. The van der Waals surface area contributed by atoms with E-state index in [2.05, 4.69) is 20.3 Å². The van der Waals surface area contributed by atoms with Crippen LogP contribution in [0.15, 0.2) is 24.4 Å². The predicted octanol–water partition coefficient (Wildman–Crippen LogP) is 2.76. The molecule has 1 N–H and O–H groups in total. The van der Waals surface area contributed by atoms with Crippen molar-refractivity contribution in [2.24, 2.45) is 0 Å². The number of piperazine rings is 1. The van der Waals surface area contributed by atoms with E-state index >= 15 is 0 Å². The van der Waals surface area contributed by atoms with Gasteiger partial charge >= 0.3 is 5.97 Å². The van der Waals surface area contributed by atoms with Crippen molar-refractivity contribution >= 4 is 52.1 Å². The molecule has 2 aromatic heterocycles. The summed E-state index contributed by atoms with van der Waals surface area (Å²) in [7, 11) is 0. The maximum Gasteiger partial charge on any atom is 0.361 e. The van der Waals surface area contributed by atoms with Crippen molar-refractivity contribution in [1.82, 2.24) is 30.0 Å². The zero-order chi connectivity index (χ0) is 25.2. The number of ether oxygens (including phenoxy) is 1.